The van der Waals surface area contributed by atoms with Crippen molar-refractivity contribution in [1.82, 2.24) is 9.38 Å². The number of thiophene rings is 1. The molecule has 0 aliphatic heterocycles. The van der Waals surface area contributed by atoms with Crippen LogP contribution in [0.3, 0.4) is 0 Å². The molecule has 0 bridgehead atoms. The number of hydrogen-bond acceptors (Lipinski definition) is 3. The van der Waals surface area contributed by atoms with Gasteiger partial charge >= 0.3 is 0 Å². The van der Waals surface area contributed by atoms with Gasteiger partial charge in [0.05, 0.1) is 4.88 Å². The van der Waals surface area contributed by atoms with Gasteiger partial charge < -0.3 is 5.32 Å². The molecule has 1 fully saturated rings. The van der Waals surface area contributed by atoms with E-state index in [9.17, 15) is 0 Å². The van der Waals surface area contributed by atoms with Crippen LogP contribution in [0, 0.1) is 13.8 Å². The van der Waals surface area contributed by atoms with E-state index in [1.807, 2.05) is 0 Å². The highest BCUT2D eigenvalue weighted by Crippen LogP contribution is 2.36. The largest absolute Gasteiger partial charge is 0.367 e. The maximum Gasteiger partial charge on any atom is 0.139 e. The van der Waals surface area contributed by atoms with Gasteiger partial charge in [0.2, 0.25) is 0 Å². The molecule has 120 valence electrons. The molecule has 3 aromatic heterocycles. The Morgan fingerprint density at radius 2 is 2.00 bits per heavy atom. The number of aryl methyl sites for hydroxylation is 2. The fraction of sp³-hybridized carbons (Fsp3) is 0.421. The first-order chi connectivity index (χ1) is 11.2. The molecular formula is C19H23N3S. The van der Waals surface area contributed by atoms with Gasteiger partial charge in [0, 0.05) is 12.2 Å². The van der Waals surface area contributed by atoms with Gasteiger partial charge in [-0.2, -0.15) is 0 Å². The minimum atomic E-state index is 0.573. The maximum atomic E-state index is 4.95. The number of imidazole rings is 1. The zero-order valence-electron chi connectivity index (χ0n) is 13.8. The molecule has 0 atom stereocenters. The summed E-state index contributed by atoms with van der Waals surface area (Å²) in [6, 6.07) is 7.08. The van der Waals surface area contributed by atoms with Crippen LogP contribution < -0.4 is 5.32 Å². The van der Waals surface area contributed by atoms with E-state index in [4.69, 9.17) is 4.98 Å². The van der Waals surface area contributed by atoms with Crippen molar-refractivity contribution in [1.29, 1.82) is 0 Å². The minimum absolute atomic E-state index is 0.573. The molecule has 0 spiro atoms. The minimum Gasteiger partial charge on any atom is -0.367 e. The summed E-state index contributed by atoms with van der Waals surface area (Å²) in [5.74, 6) is 1.16. The van der Waals surface area contributed by atoms with Crippen molar-refractivity contribution in [2.24, 2.45) is 0 Å². The van der Waals surface area contributed by atoms with Gasteiger partial charge in [0.1, 0.15) is 17.2 Å². The fourth-order valence-electron chi connectivity index (χ4n) is 3.50. The van der Waals surface area contributed by atoms with Gasteiger partial charge in [-0.25, -0.2) is 4.98 Å². The highest BCUT2D eigenvalue weighted by molar-refractivity contribution is 7.13. The lowest BCUT2D eigenvalue weighted by Gasteiger charge is -2.24. The number of aromatic nitrogens is 2. The molecule has 0 amide bonds. The summed E-state index contributed by atoms with van der Waals surface area (Å²) in [5.41, 5.74) is 4.70. The number of nitrogens with zero attached hydrogens (tertiary/aromatic N) is 2. The summed E-state index contributed by atoms with van der Waals surface area (Å²) >= 11 is 1.78. The van der Waals surface area contributed by atoms with Crippen LogP contribution in [0.1, 0.15) is 43.2 Å². The lowest BCUT2D eigenvalue weighted by atomic mass is 9.95. The van der Waals surface area contributed by atoms with Gasteiger partial charge in [0.25, 0.3) is 0 Å². The second-order valence-electron chi connectivity index (χ2n) is 6.65. The van der Waals surface area contributed by atoms with E-state index in [1.165, 1.54) is 48.1 Å². The molecular weight excluding hydrogens is 302 g/mol. The predicted molar refractivity (Wildman–Crippen MR) is 98.5 cm³/mol. The van der Waals surface area contributed by atoms with Crippen molar-refractivity contribution in [2.45, 2.75) is 52.0 Å². The van der Waals surface area contributed by atoms with E-state index >= 15 is 0 Å². The Labute approximate surface area is 141 Å². The average Bonchev–Trinajstić information content (AvgIpc) is 3.12. The third-order valence-corrected chi connectivity index (χ3v) is 5.83. The quantitative estimate of drug-likeness (QED) is 0.696. The molecule has 1 N–H and O–H groups in total. The summed E-state index contributed by atoms with van der Waals surface area (Å²) in [6.07, 6.45) is 8.72. The van der Waals surface area contributed by atoms with E-state index in [0.717, 1.165) is 17.2 Å². The Bertz CT molecular complexity index is 824. The summed E-state index contributed by atoms with van der Waals surface area (Å²) in [7, 11) is 0. The lowest BCUT2D eigenvalue weighted by Crippen LogP contribution is -2.23. The molecule has 1 aliphatic rings. The number of anilines is 1. The van der Waals surface area contributed by atoms with Crippen molar-refractivity contribution in [3.8, 4) is 10.6 Å². The van der Waals surface area contributed by atoms with E-state index in [-0.39, 0.29) is 0 Å². The highest BCUT2D eigenvalue weighted by Gasteiger charge is 2.21. The maximum absolute atomic E-state index is 4.95. The van der Waals surface area contributed by atoms with E-state index in [1.54, 1.807) is 11.3 Å². The third kappa shape index (κ3) is 2.76. The monoisotopic (exact) mass is 325 g/mol. The molecule has 3 aromatic rings. The van der Waals surface area contributed by atoms with Crippen molar-refractivity contribution < 1.29 is 0 Å². The normalized spacial score (nSPS) is 16.1. The van der Waals surface area contributed by atoms with Crippen LogP contribution in [0.5, 0.6) is 0 Å². The second kappa shape index (κ2) is 6.00. The zero-order valence-corrected chi connectivity index (χ0v) is 14.6. The van der Waals surface area contributed by atoms with E-state index < -0.39 is 0 Å². The Morgan fingerprint density at radius 3 is 2.74 bits per heavy atom. The molecule has 0 saturated heterocycles. The first-order valence-corrected chi connectivity index (χ1v) is 9.40. The molecule has 1 saturated carbocycles. The van der Waals surface area contributed by atoms with Crippen LogP contribution in [0.15, 0.2) is 29.8 Å². The molecule has 4 heteroatoms. The van der Waals surface area contributed by atoms with Crippen molar-refractivity contribution in [3.05, 3.63) is 40.9 Å². The molecule has 1 aliphatic carbocycles. The van der Waals surface area contributed by atoms with Crippen LogP contribution >= 0.6 is 11.3 Å². The third-order valence-electron chi connectivity index (χ3n) is 4.80. The topological polar surface area (TPSA) is 29.3 Å². The zero-order chi connectivity index (χ0) is 15.8. The van der Waals surface area contributed by atoms with E-state index in [2.05, 4.69) is 53.3 Å². The lowest BCUT2D eigenvalue weighted by molar-refractivity contribution is 0.462. The summed E-state index contributed by atoms with van der Waals surface area (Å²) in [6.45, 7) is 4.30. The first kappa shape index (κ1) is 14.8. The van der Waals surface area contributed by atoms with E-state index in [0.29, 0.717) is 6.04 Å². The van der Waals surface area contributed by atoms with Gasteiger partial charge in [-0.3, -0.25) is 4.40 Å². The van der Waals surface area contributed by atoms with Crippen LogP contribution in [-0.2, 0) is 0 Å². The van der Waals surface area contributed by atoms with Crippen molar-refractivity contribution in [2.75, 3.05) is 5.32 Å². The molecule has 3 nitrogen and oxygen atoms in total. The van der Waals surface area contributed by atoms with Crippen molar-refractivity contribution >= 4 is 22.8 Å². The summed E-state index contributed by atoms with van der Waals surface area (Å²) in [4.78, 5) is 6.24. The Hall–Kier alpha value is -1.81. The standard InChI is InChI=1S/C19H23N3S/c1-13-8-10-22-16(12-13)21-17(18-14(2)9-11-23-18)19(22)20-15-6-4-3-5-7-15/h8-12,15,20H,3-7H2,1-2H3. The van der Waals surface area contributed by atoms with Crippen LogP contribution in [-0.4, -0.2) is 15.4 Å². The van der Waals surface area contributed by atoms with Gasteiger partial charge in [-0.1, -0.05) is 19.3 Å². The Morgan fingerprint density at radius 1 is 1.17 bits per heavy atom. The molecule has 4 rings (SSSR count). The predicted octanol–water partition coefficient (Wildman–Crippen LogP) is 5.42. The molecule has 23 heavy (non-hydrogen) atoms. The van der Waals surface area contributed by atoms with Crippen LogP contribution in [0.25, 0.3) is 16.2 Å². The number of pyridine rings is 1. The number of hydrogen-bond donors (Lipinski definition) is 1. The van der Waals surface area contributed by atoms with Crippen LogP contribution in [0.2, 0.25) is 0 Å². The van der Waals surface area contributed by atoms with Crippen LogP contribution in [0.4, 0.5) is 5.82 Å². The highest BCUT2D eigenvalue weighted by atomic mass is 32.1. The Balaban J connectivity index is 1.83. The second-order valence-corrected chi connectivity index (χ2v) is 7.57. The molecule has 0 unspecified atom stereocenters. The van der Waals surface area contributed by atoms with Gasteiger partial charge in [0.15, 0.2) is 0 Å². The first-order valence-electron chi connectivity index (χ1n) is 8.52. The Kier molecular flexibility index (Phi) is 3.85. The molecule has 0 aromatic carbocycles. The number of rotatable bonds is 3. The molecule has 0 radical (unpaired) electrons. The van der Waals surface area contributed by atoms with Gasteiger partial charge in [-0.05, 0) is 61.4 Å². The van der Waals surface area contributed by atoms with Crippen molar-refractivity contribution in [3.63, 3.8) is 0 Å². The number of fused-ring (bicyclic) bond motifs is 1. The summed E-state index contributed by atoms with van der Waals surface area (Å²) < 4.78 is 2.22. The fourth-order valence-corrected chi connectivity index (χ4v) is 4.41. The van der Waals surface area contributed by atoms with Gasteiger partial charge in [-0.15, -0.1) is 11.3 Å². The number of nitrogens with one attached hydrogen (secondary N) is 1. The summed E-state index contributed by atoms with van der Waals surface area (Å²) in [5, 5.41) is 5.97. The SMILES string of the molecule is Cc1ccn2c(NC3CCCCC3)c(-c3sccc3C)nc2c1. The smallest absolute Gasteiger partial charge is 0.139 e. The molecule has 3 heterocycles. The average molecular weight is 325 g/mol.